The monoisotopic (exact) mass is 324 g/mol. The topological polar surface area (TPSA) is 77.5 Å². The van der Waals surface area contributed by atoms with Crippen LogP contribution in [-0.2, 0) is 23.9 Å². The summed E-state index contributed by atoms with van der Waals surface area (Å²) in [5.41, 5.74) is -5.83. The molecule has 0 saturated heterocycles. The van der Waals surface area contributed by atoms with Crippen molar-refractivity contribution in [1.82, 2.24) is 0 Å². The third-order valence-electron chi connectivity index (χ3n) is 1.56. The zero-order chi connectivity index (χ0) is 14.2. The van der Waals surface area contributed by atoms with Crippen LogP contribution in [-0.4, -0.2) is 22.3 Å². The number of halogens is 4. The standard InChI is InChI=1S/C7H4ClF3O5S2/c8-5-1-3-6(4-2-5)17(12,13)16-18(14,15)7(9,10)11/h1-4H. The molecule has 18 heavy (non-hydrogen) atoms. The zero-order valence-electron chi connectivity index (χ0n) is 8.18. The van der Waals surface area contributed by atoms with Gasteiger partial charge in [0.05, 0.1) is 4.90 Å². The molecular weight excluding hydrogens is 321 g/mol. The van der Waals surface area contributed by atoms with Crippen molar-refractivity contribution in [2.45, 2.75) is 10.4 Å². The molecule has 0 radical (unpaired) electrons. The van der Waals surface area contributed by atoms with E-state index in [2.05, 4.69) is 3.63 Å². The number of hydrogen-bond donors (Lipinski definition) is 0. The van der Waals surface area contributed by atoms with Crippen molar-refractivity contribution < 1.29 is 33.6 Å². The molecule has 11 heteroatoms. The smallest absolute Gasteiger partial charge is 0.193 e. The molecule has 0 unspecified atom stereocenters. The maximum absolute atomic E-state index is 11.9. The van der Waals surface area contributed by atoms with Crippen LogP contribution in [0.5, 0.6) is 0 Å². The molecule has 0 saturated carbocycles. The highest BCUT2D eigenvalue weighted by atomic mass is 35.5. The average molecular weight is 325 g/mol. The van der Waals surface area contributed by atoms with Gasteiger partial charge in [-0.3, -0.25) is 0 Å². The van der Waals surface area contributed by atoms with E-state index in [4.69, 9.17) is 11.6 Å². The highest BCUT2D eigenvalue weighted by Gasteiger charge is 2.50. The Kier molecular flexibility index (Phi) is 3.96. The van der Waals surface area contributed by atoms with Gasteiger partial charge in [0.1, 0.15) is 0 Å². The predicted molar refractivity (Wildman–Crippen MR) is 54.7 cm³/mol. The summed E-state index contributed by atoms with van der Waals surface area (Å²) in [7, 11) is -11.3. The first kappa shape index (κ1) is 15.2. The first-order chi connectivity index (χ1) is 7.96. The van der Waals surface area contributed by atoms with Crippen LogP contribution in [0.25, 0.3) is 0 Å². The number of benzene rings is 1. The second kappa shape index (κ2) is 4.68. The quantitative estimate of drug-likeness (QED) is 0.793. The van der Waals surface area contributed by atoms with Gasteiger partial charge in [0.2, 0.25) is 0 Å². The molecule has 0 atom stereocenters. The van der Waals surface area contributed by atoms with E-state index in [-0.39, 0.29) is 5.02 Å². The first-order valence-electron chi connectivity index (χ1n) is 3.99. The van der Waals surface area contributed by atoms with Crippen LogP contribution in [0.1, 0.15) is 0 Å². The van der Waals surface area contributed by atoms with Crippen molar-refractivity contribution in [1.29, 1.82) is 0 Å². The van der Waals surface area contributed by atoms with Gasteiger partial charge in [-0.25, -0.2) is 0 Å². The van der Waals surface area contributed by atoms with E-state index in [1.807, 2.05) is 0 Å². The lowest BCUT2D eigenvalue weighted by Crippen LogP contribution is -2.28. The minimum Gasteiger partial charge on any atom is -0.193 e. The minimum atomic E-state index is -6.23. The van der Waals surface area contributed by atoms with Crippen LogP contribution in [0.4, 0.5) is 13.2 Å². The lowest BCUT2D eigenvalue weighted by atomic mass is 10.4. The SMILES string of the molecule is O=S(=O)(OS(=O)(=O)C(F)(F)F)c1ccc(Cl)cc1. The Morgan fingerprint density at radius 3 is 1.83 bits per heavy atom. The van der Waals surface area contributed by atoms with Crippen LogP contribution in [0.2, 0.25) is 5.02 Å². The van der Waals surface area contributed by atoms with E-state index >= 15 is 0 Å². The molecule has 0 heterocycles. The summed E-state index contributed by atoms with van der Waals surface area (Å²) in [4.78, 5) is -0.764. The maximum Gasteiger partial charge on any atom is 0.524 e. The molecule has 1 aromatic rings. The van der Waals surface area contributed by atoms with Crippen molar-refractivity contribution in [3.63, 3.8) is 0 Å². The molecule has 0 spiro atoms. The lowest BCUT2D eigenvalue weighted by molar-refractivity contribution is -0.0498. The Bertz CT molecular complexity index is 633. The fraction of sp³-hybridized carbons (Fsp3) is 0.143. The Labute approximate surface area is 105 Å². The summed E-state index contributed by atoms with van der Waals surface area (Å²) < 4.78 is 82.7. The normalized spacial score (nSPS) is 13.6. The largest absolute Gasteiger partial charge is 0.524 e. The average Bonchev–Trinajstić information content (AvgIpc) is 2.14. The van der Waals surface area contributed by atoms with Gasteiger partial charge in [-0.1, -0.05) is 11.6 Å². The molecule has 0 aliphatic carbocycles. The highest BCUT2D eigenvalue weighted by Crippen LogP contribution is 2.28. The van der Waals surface area contributed by atoms with Gasteiger partial charge in [-0.15, -0.1) is 3.63 Å². The molecule has 0 aliphatic rings. The van der Waals surface area contributed by atoms with Gasteiger partial charge < -0.3 is 0 Å². The third-order valence-corrected chi connectivity index (χ3v) is 4.67. The van der Waals surface area contributed by atoms with E-state index in [1.165, 1.54) is 0 Å². The van der Waals surface area contributed by atoms with Crippen LogP contribution in [0.15, 0.2) is 29.2 Å². The lowest BCUT2D eigenvalue weighted by Gasteiger charge is -2.08. The van der Waals surface area contributed by atoms with E-state index < -0.39 is 30.6 Å². The summed E-state index contributed by atoms with van der Waals surface area (Å²) >= 11 is 5.43. The number of rotatable bonds is 3. The fourth-order valence-electron chi connectivity index (χ4n) is 0.797. The summed E-state index contributed by atoms with van der Waals surface area (Å²) in [6.45, 7) is 0. The van der Waals surface area contributed by atoms with Gasteiger partial charge >= 0.3 is 25.7 Å². The molecule has 0 aromatic heterocycles. The van der Waals surface area contributed by atoms with Crippen LogP contribution >= 0.6 is 11.6 Å². The molecule has 102 valence electrons. The van der Waals surface area contributed by atoms with Gasteiger partial charge in [0.25, 0.3) is 0 Å². The summed E-state index contributed by atoms with van der Waals surface area (Å²) in [6, 6.07) is 3.73. The Hall–Kier alpha value is -0.840. The van der Waals surface area contributed by atoms with Crippen molar-refractivity contribution in [2.75, 3.05) is 0 Å². The second-order valence-electron chi connectivity index (χ2n) is 2.88. The molecule has 5 nitrogen and oxygen atoms in total. The van der Waals surface area contributed by atoms with E-state index in [0.717, 1.165) is 24.3 Å². The van der Waals surface area contributed by atoms with Crippen molar-refractivity contribution in [3.8, 4) is 0 Å². The number of alkyl halides is 3. The summed E-state index contributed by atoms with van der Waals surface area (Å²) in [6.07, 6.45) is 0. The van der Waals surface area contributed by atoms with Crippen LogP contribution in [0.3, 0.4) is 0 Å². The molecule has 1 aromatic carbocycles. The minimum absolute atomic E-state index is 0.118. The third kappa shape index (κ3) is 3.34. The summed E-state index contributed by atoms with van der Waals surface area (Å²) in [5, 5.41) is 0.118. The second-order valence-corrected chi connectivity index (χ2v) is 6.61. The van der Waals surface area contributed by atoms with E-state index in [0.29, 0.717) is 0 Å². The molecule has 0 N–H and O–H groups in total. The first-order valence-corrected chi connectivity index (χ1v) is 7.18. The Balaban J connectivity index is 3.15. The van der Waals surface area contributed by atoms with Gasteiger partial charge in [-0.2, -0.15) is 30.0 Å². The number of hydrogen-bond acceptors (Lipinski definition) is 5. The fourth-order valence-corrected chi connectivity index (χ4v) is 2.96. The van der Waals surface area contributed by atoms with E-state index in [1.54, 1.807) is 0 Å². The molecular formula is C7H4ClF3O5S2. The molecule has 0 aliphatic heterocycles. The van der Waals surface area contributed by atoms with Crippen LogP contribution < -0.4 is 0 Å². The maximum atomic E-state index is 11.9. The zero-order valence-corrected chi connectivity index (χ0v) is 10.6. The van der Waals surface area contributed by atoms with Crippen molar-refractivity contribution >= 4 is 31.8 Å². The van der Waals surface area contributed by atoms with Crippen LogP contribution in [0, 0.1) is 0 Å². The molecule has 0 amide bonds. The Morgan fingerprint density at radius 2 is 1.44 bits per heavy atom. The molecule has 0 fully saturated rings. The molecule has 0 bridgehead atoms. The van der Waals surface area contributed by atoms with Gasteiger partial charge in [0, 0.05) is 5.02 Å². The predicted octanol–water partition coefficient (Wildman–Crippen LogP) is 1.89. The van der Waals surface area contributed by atoms with Gasteiger partial charge in [-0.05, 0) is 24.3 Å². The van der Waals surface area contributed by atoms with Gasteiger partial charge in [0.15, 0.2) is 0 Å². The Morgan fingerprint density at radius 1 is 1.00 bits per heavy atom. The highest BCUT2D eigenvalue weighted by molar-refractivity contribution is 8.00. The summed E-state index contributed by atoms with van der Waals surface area (Å²) in [5.74, 6) is 0. The van der Waals surface area contributed by atoms with E-state index in [9.17, 15) is 30.0 Å². The molecule has 1 rings (SSSR count). The van der Waals surface area contributed by atoms with Crippen molar-refractivity contribution in [2.24, 2.45) is 0 Å². The van der Waals surface area contributed by atoms with Crippen molar-refractivity contribution in [3.05, 3.63) is 29.3 Å².